The lowest BCUT2D eigenvalue weighted by molar-refractivity contribution is 0.307. The Morgan fingerprint density at radius 2 is 1.79 bits per heavy atom. The van der Waals surface area contributed by atoms with Crippen LogP contribution in [0.4, 0.5) is 5.69 Å². The largest absolute Gasteiger partial charge is 0.488 e. The van der Waals surface area contributed by atoms with Crippen LogP contribution >= 0.6 is 0 Å². The van der Waals surface area contributed by atoms with Gasteiger partial charge < -0.3 is 4.74 Å². The van der Waals surface area contributed by atoms with Crippen LogP contribution in [-0.2, 0) is 16.6 Å². The molecule has 0 fully saturated rings. The number of sulfonamides is 1. The molecule has 4 rings (SSSR count). The Bertz CT molecular complexity index is 1180. The highest BCUT2D eigenvalue weighted by atomic mass is 32.2. The van der Waals surface area contributed by atoms with Crippen LogP contribution in [0, 0.1) is 6.92 Å². The third-order valence-corrected chi connectivity index (χ3v) is 5.22. The lowest BCUT2D eigenvalue weighted by Crippen LogP contribution is -2.09. The molecular weight excluding hydrogens is 370 g/mol. The minimum atomic E-state index is -3.33. The van der Waals surface area contributed by atoms with Gasteiger partial charge in [-0.2, -0.15) is 0 Å². The molecule has 1 N–H and O–H groups in total. The Morgan fingerprint density at radius 1 is 0.964 bits per heavy atom. The summed E-state index contributed by atoms with van der Waals surface area (Å²) in [6.07, 6.45) is 3.23. The van der Waals surface area contributed by atoms with Crippen LogP contribution < -0.4 is 9.46 Å². The second-order valence-electron chi connectivity index (χ2n) is 7.00. The normalized spacial score (nSPS) is 14.6. The molecule has 0 bridgehead atoms. The molecule has 1 heterocycles. The first-order chi connectivity index (χ1) is 13.4. The smallest absolute Gasteiger partial charge is 0.229 e. The monoisotopic (exact) mass is 391 g/mol. The van der Waals surface area contributed by atoms with Gasteiger partial charge in [-0.25, -0.2) is 8.42 Å². The molecule has 142 valence electrons. The van der Waals surface area contributed by atoms with Crippen molar-refractivity contribution in [3.05, 3.63) is 94.5 Å². The molecule has 3 aromatic carbocycles. The molecule has 4 nitrogen and oxygen atoms in total. The van der Waals surface area contributed by atoms with E-state index in [1.165, 1.54) is 0 Å². The average Bonchev–Trinajstić information content (AvgIpc) is 2.78. The molecule has 1 aliphatic heterocycles. The topological polar surface area (TPSA) is 55.4 Å². The van der Waals surface area contributed by atoms with Gasteiger partial charge in [0.05, 0.1) is 6.26 Å². The number of hydrogen-bond donors (Lipinski definition) is 1. The van der Waals surface area contributed by atoms with Crippen molar-refractivity contribution in [2.75, 3.05) is 11.0 Å². The Labute approximate surface area is 165 Å². The molecule has 0 aliphatic carbocycles. The zero-order valence-electron chi connectivity index (χ0n) is 15.8. The van der Waals surface area contributed by atoms with E-state index >= 15 is 0 Å². The summed E-state index contributed by atoms with van der Waals surface area (Å²) in [4.78, 5) is 0. The van der Waals surface area contributed by atoms with Crippen LogP contribution in [0.15, 0.2) is 66.7 Å². The van der Waals surface area contributed by atoms with Crippen LogP contribution in [0.1, 0.15) is 27.8 Å². The highest BCUT2D eigenvalue weighted by molar-refractivity contribution is 7.92. The van der Waals surface area contributed by atoms with Gasteiger partial charge >= 0.3 is 0 Å². The van der Waals surface area contributed by atoms with Gasteiger partial charge in [0.25, 0.3) is 0 Å². The van der Waals surface area contributed by atoms with Crippen LogP contribution in [0.2, 0.25) is 0 Å². The Hall–Kier alpha value is -3.05. The summed E-state index contributed by atoms with van der Waals surface area (Å²) in [5, 5.41) is 0. The number of anilines is 1. The predicted octanol–water partition coefficient (Wildman–Crippen LogP) is 4.85. The molecule has 0 saturated heterocycles. The third kappa shape index (κ3) is 3.94. The quantitative estimate of drug-likeness (QED) is 0.694. The van der Waals surface area contributed by atoms with Gasteiger partial charge in [-0.1, -0.05) is 48.0 Å². The summed E-state index contributed by atoms with van der Waals surface area (Å²) >= 11 is 0. The Balaban J connectivity index is 1.89. The van der Waals surface area contributed by atoms with Gasteiger partial charge in [-0.15, -0.1) is 0 Å². The van der Waals surface area contributed by atoms with Crippen molar-refractivity contribution >= 4 is 27.4 Å². The maximum atomic E-state index is 11.6. The molecule has 0 aromatic heterocycles. The summed E-state index contributed by atoms with van der Waals surface area (Å²) in [5.41, 5.74) is 6.93. The highest BCUT2D eigenvalue weighted by Crippen LogP contribution is 2.38. The fourth-order valence-electron chi connectivity index (χ4n) is 3.42. The van der Waals surface area contributed by atoms with Crippen molar-refractivity contribution < 1.29 is 13.2 Å². The number of ether oxygens (including phenoxy) is 1. The fourth-order valence-corrected chi connectivity index (χ4v) is 3.97. The molecule has 28 heavy (non-hydrogen) atoms. The zero-order valence-corrected chi connectivity index (χ0v) is 16.6. The van der Waals surface area contributed by atoms with Crippen molar-refractivity contribution in [2.24, 2.45) is 0 Å². The number of aryl methyl sites for hydroxylation is 1. The van der Waals surface area contributed by atoms with Crippen molar-refractivity contribution in [1.29, 1.82) is 0 Å². The number of fused-ring (bicyclic) bond motifs is 2. The lowest BCUT2D eigenvalue weighted by Gasteiger charge is -2.12. The van der Waals surface area contributed by atoms with E-state index in [2.05, 4.69) is 35.9 Å². The van der Waals surface area contributed by atoms with Crippen LogP contribution in [0.25, 0.3) is 11.6 Å². The number of hydrogen-bond acceptors (Lipinski definition) is 3. The minimum absolute atomic E-state index is 0.513. The maximum absolute atomic E-state index is 11.6. The third-order valence-electron chi connectivity index (χ3n) is 4.62. The van der Waals surface area contributed by atoms with E-state index in [1.54, 1.807) is 6.07 Å². The lowest BCUT2D eigenvalue weighted by atomic mass is 9.92. The van der Waals surface area contributed by atoms with Crippen LogP contribution in [-0.4, -0.2) is 14.7 Å². The van der Waals surface area contributed by atoms with Gasteiger partial charge in [0.1, 0.15) is 12.4 Å². The zero-order chi connectivity index (χ0) is 19.7. The maximum Gasteiger partial charge on any atom is 0.229 e. The van der Waals surface area contributed by atoms with E-state index in [-0.39, 0.29) is 0 Å². The van der Waals surface area contributed by atoms with Crippen molar-refractivity contribution in [3.8, 4) is 5.75 Å². The Kier molecular flexibility index (Phi) is 4.69. The van der Waals surface area contributed by atoms with E-state index in [1.807, 2.05) is 42.5 Å². The summed E-state index contributed by atoms with van der Waals surface area (Å²) in [6.45, 7) is 2.57. The summed E-state index contributed by atoms with van der Waals surface area (Å²) in [7, 11) is -3.33. The number of nitrogens with one attached hydrogen (secondary N) is 1. The van der Waals surface area contributed by atoms with Crippen LogP contribution in [0.5, 0.6) is 5.75 Å². The molecule has 1 aliphatic rings. The van der Waals surface area contributed by atoms with Gasteiger partial charge in [-0.3, -0.25) is 4.72 Å². The van der Waals surface area contributed by atoms with Crippen molar-refractivity contribution in [2.45, 2.75) is 13.5 Å². The van der Waals surface area contributed by atoms with E-state index in [0.717, 1.165) is 45.4 Å². The standard InChI is InChI=1S/C23H21NO3S/c1-16-10-11-23-22(12-16)21(20-9-4-3-7-18(20)15-27-23)14-17-6-5-8-19(13-17)24-28(2,25)26/h3-14,24H,15H2,1-2H3/b21-14+. The molecule has 0 unspecified atom stereocenters. The first-order valence-corrected chi connectivity index (χ1v) is 10.9. The highest BCUT2D eigenvalue weighted by Gasteiger charge is 2.19. The van der Waals surface area contributed by atoms with E-state index in [4.69, 9.17) is 4.74 Å². The second kappa shape index (κ2) is 7.17. The minimum Gasteiger partial charge on any atom is -0.488 e. The molecule has 0 spiro atoms. The van der Waals surface area contributed by atoms with Crippen LogP contribution in [0.3, 0.4) is 0 Å². The molecule has 0 saturated carbocycles. The first kappa shape index (κ1) is 18.3. The number of benzene rings is 3. The first-order valence-electron chi connectivity index (χ1n) is 9.01. The SMILES string of the molecule is Cc1ccc2c(c1)/C(=C/c1cccc(NS(C)(=O)=O)c1)c1ccccc1CO2. The fraction of sp³-hybridized carbons (Fsp3) is 0.130. The summed E-state index contributed by atoms with van der Waals surface area (Å²) in [6, 6.07) is 21.8. The van der Waals surface area contributed by atoms with Crippen molar-refractivity contribution in [3.63, 3.8) is 0 Å². The summed E-state index contributed by atoms with van der Waals surface area (Å²) in [5.74, 6) is 0.846. The van der Waals surface area contributed by atoms with Gasteiger partial charge in [0, 0.05) is 11.3 Å². The second-order valence-corrected chi connectivity index (χ2v) is 8.75. The van der Waals surface area contributed by atoms with E-state index < -0.39 is 10.0 Å². The van der Waals surface area contributed by atoms with E-state index in [0.29, 0.717) is 12.3 Å². The van der Waals surface area contributed by atoms with Gasteiger partial charge in [0.15, 0.2) is 0 Å². The molecule has 3 aromatic rings. The van der Waals surface area contributed by atoms with E-state index in [9.17, 15) is 8.42 Å². The van der Waals surface area contributed by atoms with Gasteiger partial charge in [-0.05, 0) is 59.5 Å². The molecule has 0 atom stereocenters. The van der Waals surface area contributed by atoms with Crippen molar-refractivity contribution in [1.82, 2.24) is 0 Å². The molecule has 0 amide bonds. The summed E-state index contributed by atoms with van der Waals surface area (Å²) < 4.78 is 31.7. The molecule has 0 radical (unpaired) electrons. The predicted molar refractivity (Wildman–Crippen MR) is 114 cm³/mol. The average molecular weight is 391 g/mol. The van der Waals surface area contributed by atoms with Gasteiger partial charge in [0.2, 0.25) is 10.0 Å². The molecular formula is C23H21NO3S. The number of rotatable bonds is 3. The Morgan fingerprint density at radius 3 is 2.61 bits per heavy atom. The molecule has 5 heteroatoms.